The molecular formula is C25H32FN5O3. The summed E-state index contributed by atoms with van der Waals surface area (Å²) in [6.45, 7) is 4.11. The maximum absolute atomic E-state index is 13.9. The van der Waals surface area contributed by atoms with E-state index >= 15 is 0 Å². The number of ketones is 1. The molecule has 2 N–H and O–H groups in total. The smallest absolute Gasteiger partial charge is 0.225 e. The molecule has 1 atom stereocenters. The lowest BCUT2D eigenvalue weighted by molar-refractivity contribution is -0.117. The molecule has 3 aromatic rings. The van der Waals surface area contributed by atoms with Gasteiger partial charge in [0.05, 0.1) is 25.9 Å². The van der Waals surface area contributed by atoms with E-state index in [1.165, 1.54) is 6.07 Å². The van der Waals surface area contributed by atoms with E-state index in [0.717, 1.165) is 31.0 Å². The van der Waals surface area contributed by atoms with Crippen molar-refractivity contribution in [1.82, 2.24) is 15.0 Å². The van der Waals surface area contributed by atoms with E-state index in [4.69, 9.17) is 9.47 Å². The Hall–Kier alpha value is -3.49. The van der Waals surface area contributed by atoms with Crippen LogP contribution in [0.25, 0.3) is 11.0 Å². The summed E-state index contributed by atoms with van der Waals surface area (Å²) in [6.07, 6.45) is 5.28. The molecule has 0 radical (unpaired) electrons. The van der Waals surface area contributed by atoms with E-state index in [9.17, 15) is 9.18 Å². The Kier molecular flexibility index (Phi) is 8.95. The maximum Gasteiger partial charge on any atom is 0.225 e. The van der Waals surface area contributed by atoms with E-state index in [1.807, 2.05) is 12.1 Å². The molecule has 34 heavy (non-hydrogen) atoms. The van der Waals surface area contributed by atoms with Crippen molar-refractivity contribution in [3.8, 4) is 11.5 Å². The number of benzene rings is 1. The van der Waals surface area contributed by atoms with Crippen molar-refractivity contribution in [2.75, 3.05) is 24.9 Å². The van der Waals surface area contributed by atoms with E-state index in [1.54, 1.807) is 27.2 Å². The number of carbonyl (C=O) groups is 1. The number of unbranched alkanes of at least 4 members (excludes halogenated alkanes) is 1. The van der Waals surface area contributed by atoms with Crippen LogP contribution in [0.5, 0.6) is 11.5 Å². The zero-order valence-electron chi connectivity index (χ0n) is 20.2. The minimum absolute atomic E-state index is 0.0448. The molecule has 0 aliphatic carbocycles. The molecule has 8 nitrogen and oxygen atoms in total. The van der Waals surface area contributed by atoms with Gasteiger partial charge >= 0.3 is 0 Å². The van der Waals surface area contributed by atoms with Gasteiger partial charge in [-0.05, 0) is 31.9 Å². The Morgan fingerprint density at radius 2 is 1.97 bits per heavy atom. The number of ether oxygens (including phenoxy) is 2. The number of methoxy groups -OCH3 is 2. The van der Waals surface area contributed by atoms with Gasteiger partial charge in [-0.3, -0.25) is 0 Å². The molecule has 0 spiro atoms. The molecule has 0 unspecified atom stereocenters. The summed E-state index contributed by atoms with van der Waals surface area (Å²) in [4.78, 5) is 24.9. The molecule has 2 aromatic heterocycles. The fraction of sp³-hybridized carbons (Fsp3) is 0.440. The molecular weight excluding hydrogens is 437 g/mol. The van der Waals surface area contributed by atoms with Crippen LogP contribution in [0.2, 0.25) is 0 Å². The van der Waals surface area contributed by atoms with Crippen LogP contribution in [0.4, 0.5) is 16.2 Å². The van der Waals surface area contributed by atoms with Crippen LogP contribution in [0, 0.1) is 5.82 Å². The van der Waals surface area contributed by atoms with Crippen molar-refractivity contribution >= 4 is 28.6 Å². The molecule has 0 saturated carbocycles. The molecule has 0 saturated heterocycles. The zero-order chi connectivity index (χ0) is 24.5. The molecule has 0 amide bonds. The summed E-state index contributed by atoms with van der Waals surface area (Å²) in [5.74, 6) is 1.88. The number of rotatable bonds is 13. The van der Waals surface area contributed by atoms with Crippen molar-refractivity contribution in [2.45, 2.75) is 58.5 Å². The van der Waals surface area contributed by atoms with Gasteiger partial charge in [-0.2, -0.15) is 4.98 Å². The van der Waals surface area contributed by atoms with E-state index < -0.39 is 5.82 Å². The van der Waals surface area contributed by atoms with Gasteiger partial charge in [-0.1, -0.05) is 19.8 Å². The van der Waals surface area contributed by atoms with E-state index in [0.29, 0.717) is 53.7 Å². The van der Waals surface area contributed by atoms with Gasteiger partial charge in [0.15, 0.2) is 5.82 Å². The van der Waals surface area contributed by atoms with Gasteiger partial charge in [0.1, 0.15) is 28.6 Å². The van der Waals surface area contributed by atoms with Gasteiger partial charge in [-0.15, -0.1) is 0 Å². The number of carbonyl (C=O) groups excluding carboxylic acids is 1. The van der Waals surface area contributed by atoms with Gasteiger partial charge in [-0.25, -0.2) is 14.4 Å². The maximum atomic E-state index is 13.9. The quantitative estimate of drug-likeness (QED) is 0.355. The number of pyridine rings is 1. The van der Waals surface area contributed by atoms with Gasteiger partial charge in [0.2, 0.25) is 5.95 Å². The third kappa shape index (κ3) is 6.76. The van der Waals surface area contributed by atoms with Gasteiger partial charge in [0.25, 0.3) is 0 Å². The highest BCUT2D eigenvalue weighted by molar-refractivity contribution is 5.86. The molecule has 1 aromatic carbocycles. The molecule has 0 aliphatic rings. The number of fused-ring (bicyclic) bond motifs is 1. The number of nitrogens with one attached hydrogen (secondary N) is 2. The molecule has 9 heteroatoms. The average molecular weight is 470 g/mol. The summed E-state index contributed by atoms with van der Waals surface area (Å²) in [5, 5.41) is 6.64. The summed E-state index contributed by atoms with van der Waals surface area (Å²) in [7, 11) is 3.19. The standard InChI is InChI=1S/C25H32FN5O3/c1-5-6-7-19(10-8-16(2)32)29-24-23-21(12-18(26)15-27-23)30-25(31-24)28-14-17-9-11-20(33-3)13-22(17)34-4/h9,11-13,15,19H,5-8,10,14H2,1-4H3,(H2,28,29,30,31)/t19-/m1/s1. The zero-order valence-corrected chi connectivity index (χ0v) is 20.2. The monoisotopic (exact) mass is 469 g/mol. The molecule has 182 valence electrons. The second kappa shape index (κ2) is 12.1. The van der Waals surface area contributed by atoms with Crippen molar-refractivity contribution < 1.29 is 18.7 Å². The third-order valence-corrected chi connectivity index (χ3v) is 5.53. The van der Waals surface area contributed by atoms with Crippen LogP contribution in [0.15, 0.2) is 30.5 Å². The van der Waals surface area contributed by atoms with Crippen molar-refractivity contribution in [3.63, 3.8) is 0 Å². The number of halogens is 1. The van der Waals surface area contributed by atoms with Gasteiger partial charge < -0.3 is 24.9 Å². The van der Waals surface area contributed by atoms with Crippen LogP contribution in [-0.2, 0) is 11.3 Å². The average Bonchev–Trinajstić information content (AvgIpc) is 2.83. The fourth-order valence-corrected chi connectivity index (χ4v) is 3.66. The second-order valence-corrected chi connectivity index (χ2v) is 8.17. The molecule has 3 rings (SSSR count). The van der Waals surface area contributed by atoms with Crippen LogP contribution < -0.4 is 20.1 Å². The number of nitrogens with zero attached hydrogens (tertiary/aromatic N) is 3. The normalized spacial score (nSPS) is 11.8. The van der Waals surface area contributed by atoms with Crippen molar-refractivity contribution in [3.05, 3.63) is 41.8 Å². The van der Waals surface area contributed by atoms with Crippen LogP contribution in [-0.4, -0.2) is 41.0 Å². The predicted octanol–water partition coefficient (Wildman–Crippen LogP) is 5.13. The lowest BCUT2D eigenvalue weighted by atomic mass is 10.0. The number of anilines is 2. The van der Waals surface area contributed by atoms with Crippen LogP contribution >= 0.6 is 0 Å². The number of aromatic nitrogens is 3. The lowest BCUT2D eigenvalue weighted by Crippen LogP contribution is -2.22. The molecule has 0 aliphatic heterocycles. The third-order valence-electron chi connectivity index (χ3n) is 5.53. The highest BCUT2D eigenvalue weighted by Gasteiger charge is 2.16. The largest absolute Gasteiger partial charge is 0.497 e. The SMILES string of the molecule is CCCC[C@H](CCC(C)=O)Nc1nc(NCc2ccc(OC)cc2OC)nc2cc(F)cnc12. The Bertz CT molecular complexity index is 1130. The minimum Gasteiger partial charge on any atom is -0.497 e. The summed E-state index contributed by atoms with van der Waals surface area (Å²) in [6, 6.07) is 6.93. The Morgan fingerprint density at radius 3 is 2.68 bits per heavy atom. The summed E-state index contributed by atoms with van der Waals surface area (Å²) < 4.78 is 24.6. The van der Waals surface area contributed by atoms with Gasteiger partial charge in [0, 0.05) is 36.7 Å². The van der Waals surface area contributed by atoms with Crippen LogP contribution in [0.1, 0.15) is 51.5 Å². The first-order chi connectivity index (χ1) is 16.4. The summed E-state index contributed by atoms with van der Waals surface area (Å²) >= 11 is 0. The van der Waals surface area contributed by atoms with E-state index in [2.05, 4.69) is 32.5 Å². The first-order valence-electron chi connectivity index (χ1n) is 11.5. The van der Waals surface area contributed by atoms with Crippen molar-refractivity contribution in [1.29, 1.82) is 0 Å². The number of hydrogen-bond acceptors (Lipinski definition) is 8. The first-order valence-corrected chi connectivity index (χ1v) is 11.5. The number of Topliss-reactive ketones (excluding diaryl/α,β-unsaturated/α-hetero) is 1. The lowest BCUT2D eigenvalue weighted by Gasteiger charge is -2.20. The first kappa shape index (κ1) is 25.1. The molecule has 0 fully saturated rings. The summed E-state index contributed by atoms with van der Waals surface area (Å²) in [5.41, 5.74) is 1.77. The topological polar surface area (TPSA) is 98.3 Å². The highest BCUT2D eigenvalue weighted by atomic mass is 19.1. The molecule has 0 bridgehead atoms. The Morgan fingerprint density at radius 1 is 1.15 bits per heavy atom. The van der Waals surface area contributed by atoms with Crippen molar-refractivity contribution in [2.24, 2.45) is 0 Å². The highest BCUT2D eigenvalue weighted by Crippen LogP contribution is 2.27. The van der Waals surface area contributed by atoms with E-state index in [-0.39, 0.29) is 11.8 Å². The van der Waals surface area contributed by atoms with Crippen LogP contribution in [0.3, 0.4) is 0 Å². The Labute approximate surface area is 199 Å². The minimum atomic E-state index is -0.473. The Balaban J connectivity index is 1.88. The fourth-order valence-electron chi connectivity index (χ4n) is 3.66. The molecule has 2 heterocycles. The number of hydrogen-bond donors (Lipinski definition) is 2. The predicted molar refractivity (Wildman–Crippen MR) is 131 cm³/mol. The second-order valence-electron chi connectivity index (χ2n) is 8.17.